The van der Waals surface area contributed by atoms with Gasteiger partial charge >= 0.3 is 0 Å². The molecule has 1 aromatic heterocycles. The van der Waals surface area contributed by atoms with Gasteiger partial charge in [0, 0.05) is 31.9 Å². The molecule has 1 heterocycles. The number of aromatic nitrogens is 2. The molecule has 2 rings (SSSR count). The quantitative estimate of drug-likeness (QED) is 0.640. The van der Waals surface area contributed by atoms with Crippen LogP contribution in [0.4, 0.5) is 4.39 Å². The second-order valence-electron chi connectivity index (χ2n) is 4.72. The normalized spacial score (nSPS) is 12.6. The van der Waals surface area contributed by atoms with E-state index in [-0.39, 0.29) is 11.9 Å². The molecule has 1 unspecified atom stereocenters. The summed E-state index contributed by atoms with van der Waals surface area (Å²) in [5.74, 6) is 6.42. The standard InChI is InChI=1S/C14H19FN4/c1-10-9-11(3-4-12(10)15)13(18-16)5-6-14-17-7-8-19(14)2/h3-4,7-9,13,18H,5-6,16H2,1-2H3. The van der Waals surface area contributed by atoms with Crippen LogP contribution < -0.4 is 11.3 Å². The number of benzene rings is 1. The molecular weight excluding hydrogens is 243 g/mol. The highest BCUT2D eigenvalue weighted by atomic mass is 19.1. The van der Waals surface area contributed by atoms with Crippen molar-refractivity contribution in [3.63, 3.8) is 0 Å². The number of hydrogen-bond donors (Lipinski definition) is 2. The van der Waals surface area contributed by atoms with Crippen LogP contribution in [0.25, 0.3) is 0 Å². The molecule has 2 aromatic rings. The summed E-state index contributed by atoms with van der Waals surface area (Å²) < 4.78 is 15.3. The molecule has 0 aliphatic rings. The minimum Gasteiger partial charge on any atom is -0.338 e. The predicted octanol–water partition coefficient (Wildman–Crippen LogP) is 2.00. The molecule has 5 heteroatoms. The van der Waals surface area contributed by atoms with Crippen molar-refractivity contribution in [1.29, 1.82) is 0 Å². The molecule has 1 atom stereocenters. The zero-order chi connectivity index (χ0) is 13.8. The maximum atomic E-state index is 13.3. The Morgan fingerprint density at radius 3 is 2.84 bits per heavy atom. The fraction of sp³-hybridized carbons (Fsp3) is 0.357. The van der Waals surface area contributed by atoms with E-state index < -0.39 is 0 Å². The van der Waals surface area contributed by atoms with E-state index in [4.69, 9.17) is 5.84 Å². The van der Waals surface area contributed by atoms with E-state index in [1.165, 1.54) is 6.07 Å². The summed E-state index contributed by atoms with van der Waals surface area (Å²) >= 11 is 0. The van der Waals surface area contributed by atoms with Crippen molar-refractivity contribution in [2.45, 2.75) is 25.8 Å². The van der Waals surface area contributed by atoms with Crippen LogP contribution in [0.1, 0.15) is 29.4 Å². The fourth-order valence-electron chi connectivity index (χ4n) is 2.14. The second kappa shape index (κ2) is 5.95. The van der Waals surface area contributed by atoms with Crippen LogP contribution in [0, 0.1) is 12.7 Å². The monoisotopic (exact) mass is 262 g/mol. The van der Waals surface area contributed by atoms with E-state index in [0.29, 0.717) is 5.56 Å². The lowest BCUT2D eigenvalue weighted by Crippen LogP contribution is -2.28. The van der Waals surface area contributed by atoms with Gasteiger partial charge in [0.05, 0.1) is 0 Å². The third-order valence-corrected chi connectivity index (χ3v) is 3.36. The van der Waals surface area contributed by atoms with Gasteiger partial charge in [-0.3, -0.25) is 11.3 Å². The fourth-order valence-corrected chi connectivity index (χ4v) is 2.14. The minimum absolute atomic E-state index is 0.00370. The second-order valence-corrected chi connectivity index (χ2v) is 4.72. The SMILES string of the molecule is Cc1cc(C(CCc2nccn2C)NN)ccc1F. The van der Waals surface area contributed by atoms with Crippen LogP contribution in [-0.2, 0) is 13.5 Å². The summed E-state index contributed by atoms with van der Waals surface area (Å²) in [5, 5.41) is 0. The summed E-state index contributed by atoms with van der Waals surface area (Å²) in [6, 6.07) is 5.08. The van der Waals surface area contributed by atoms with E-state index in [2.05, 4.69) is 10.4 Å². The number of aryl methyl sites for hydroxylation is 3. The Kier molecular flexibility index (Phi) is 4.29. The molecule has 1 aromatic carbocycles. The lowest BCUT2D eigenvalue weighted by atomic mass is 10.0. The number of halogens is 1. The number of rotatable bonds is 5. The summed E-state index contributed by atoms with van der Waals surface area (Å²) in [5.41, 5.74) is 4.42. The first kappa shape index (κ1) is 13.7. The predicted molar refractivity (Wildman–Crippen MR) is 72.7 cm³/mol. The van der Waals surface area contributed by atoms with Crippen molar-refractivity contribution in [2.75, 3.05) is 0 Å². The van der Waals surface area contributed by atoms with Crippen LogP contribution in [-0.4, -0.2) is 9.55 Å². The molecule has 4 nitrogen and oxygen atoms in total. The maximum Gasteiger partial charge on any atom is 0.126 e. The number of nitrogens with one attached hydrogen (secondary N) is 1. The van der Waals surface area contributed by atoms with Gasteiger partial charge < -0.3 is 4.57 Å². The van der Waals surface area contributed by atoms with Gasteiger partial charge in [-0.1, -0.05) is 12.1 Å². The molecule has 0 radical (unpaired) electrons. The van der Waals surface area contributed by atoms with Gasteiger partial charge in [-0.05, 0) is 30.5 Å². The molecule has 0 saturated carbocycles. The van der Waals surface area contributed by atoms with Gasteiger partial charge in [0.25, 0.3) is 0 Å². The molecule has 0 aliphatic carbocycles. The van der Waals surface area contributed by atoms with Crippen LogP contribution in [0.15, 0.2) is 30.6 Å². The molecule has 0 fully saturated rings. The average molecular weight is 262 g/mol. The minimum atomic E-state index is -0.191. The first-order valence-electron chi connectivity index (χ1n) is 6.30. The number of nitrogens with zero attached hydrogens (tertiary/aromatic N) is 2. The summed E-state index contributed by atoms with van der Waals surface area (Å²) in [6.45, 7) is 1.76. The van der Waals surface area contributed by atoms with Gasteiger partial charge in [-0.2, -0.15) is 0 Å². The Morgan fingerprint density at radius 1 is 1.47 bits per heavy atom. The Morgan fingerprint density at radius 2 is 2.26 bits per heavy atom. The molecule has 0 saturated heterocycles. The molecule has 0 spiro atoms. The molecule has 0 aliphatic heterocycles. The van der Waals surface area contributed by atoms with Gasteiger partial charge in [0.15, 0.2) is 0 Å². The molecule has 0 bridgehead atoms. The zero-order valence-electron chi connectivity index (χ0n) is 11.2. The van der Waals surface area contributed by atoms with Crippen molar-refractivity contribution in [2.24, 2.45) is 12.9 Å². The van der Waals surface area contributed by atoms with E-state index in [1.54, 1.807) is 19.2 Å². The first-order chi connectivity index (χ1) is 9.11. The average Bonchev–Trinajstić information content (AvgIpc) is 2.80. The van der Waals surface area contributed by atoms with Crippen molar-refractivity contribution < 1.29 is 4.39 Å². The number of nitrogens with two attached hydrogens (primary N) is 1. The smallest absolute Gasteiger partial charge is 0.126 e. The van der Waals surface area contributed by atoms with Gasteiger partial charge in [-0.25, -0.2) is 9.37 Å². The Labute approximate surface area is 112 Å². The molecule has 19 heavy (non-hydrogen) atoms. The van der Waals surface area contributed by atoms with Gasteiger partial charge in [0.1, 0.15) is 11.6 Å². The van der Waals surface area contributed by atoms with E-state index in [0.717, 1.165) is 24.2 Å². The largest absolute Gasteiger partial charge is 0.338 e. The summed E-state index contributed by atoms with van der Waals surface area (Å²) in [6.07, 6.45) is 5.33. The first-order valence-corrected chi connectivity index (χ1v) is 6.30. The van der Waals surface area contributed by atoms with Crippen LogP contribution in [0.2, 0.25) is 0 Å². The number of hydrogen-bond acceptors (Lipinski definition) is 3. The van der Waals surface area contributed by atoms with Crippen molar-refractivity contribution in [3.05, 3.63) is 53.4 Å². The molecule has 102 valence electrons. The lowest BCUT2D eigenvalue weighted by molar-refractivity contribution is 0.504. The van der Waals surface area contributed by atoms with Gasteiger partial charge in [0.2, 0.25) is 0 Å². The maximum absolute atomic E-state index is 13.3. The van der Waals surface area contributed by atoms with Crippen molar-refractivity contribution in [1.82, 2.24) is 15.0 Å². The Balaban J connectivity index is 2.07. The Bertz CT molecular complexity index is 550. The topological polar surface area (TPSA) is 55.9 Å². The third-order valence-electron chi connectivity index (χ3n) is 3.36. The highest BCUT2D eigenvalue weighted by molar-refractivity contribution is 5.26. The van der Waals surface area contributed by atoms with E-state index >= 15 is 0 Å². The number of imidazole rings is 1. The highest BCUT2D eigenvalue weighted by Gasteiger charge is 2.12. The van der Waals surface area contributed by atoms with Gasteiger partial charge in [-0.15, -0.1) is 0 Å². The van der Waals surface area contributed by atoms with Crippen molar-refractivity contribution >= 4 is 0 Å². The molecule has 0 amide bonds. The van der Waals surface area contributed by atoms with Crippen LogP contribution >= 0.6 is 0 Å². The highest BCUT2D eigenvalue weighted by Crippen LogP contribution is 2.20. The number of hydrazine groups is 1. The zero-order valence-corrected chi connectivity index (χ0v) is 11.2. The molecule has 3 N–H and O–H groups in total. The van der Waals surface area contributed by atoms with E-state index in [9.17, 15) is 4.39 Å². The Hall–Kier alpha value is -1.72. The summed E-state index contributed by atoms with van der Waals surface area (Å²) in [7, 11) is 1.97. The molecular formula is C14H19FN4. The van der Waals surface area contributed by atoms with Crippen LogP contribution in [0.3, 0.4) is 0 Å². The van der Waals surface area contributed by atoms with Crippen molar-refractivity contribution in [3.8, 4) is 0 Å². The third kappa shape index (κ3) is 3.19. The van der Waals surface area contributed by atoms with Crippen LogP contribution in [0.5, 0.6) is 0 Å². The summed E-state index contributed by atoms with van der Waals surface area (Å²) in [4.78, 5) is 4.28. The lowest BCUT2D eigenvalue weighted by Gasteiger charge is -2.17. The van der Waals surface area contributed by atoms with E-state index in [1.807, 2.05) is 23.9 Å².